The van der Waals surface area contributed by atoms with E-state index in [1.165, 1.54) is 26.6 Å². The van der Waals surface area contributed by atoms with Gasteiger partial charge in [0.05, 0.1) is 20.3 Å². The summed E-state index contributed by atoms with van der Waals surface area (Å²) >= 11 is 13.1. The van der Waals surface area contributed by atoms with Gasteiger partial charge in [-0.3, -0.25) is 10.1 Å². The number of carboxylic acid groups (broad SMARTS) is 1. The zero-order valence-corrected chi connectivity index (χ0v) is 32.3. The van der Waals surface area contributed by atoms with Gasteiger partial charge in [-0.2, -0.15) is 0 Å². The van der Waals surface area contributed by atoms with Gasteiger partial charge < -0.3 is 38.6 Å². The lowest BCUT2D eigenvalue weighted by atomic mass is 9.85. The largest absolute Gasteiger partial charge is 0.542 e. The zero-order chi connectivity index (χ0) is 39.3. The second-order valence-electron chi connectivity index (χ2n) is 13.9. The first-order valence-electron chi connectivity index (χ1n) is 18.2. The Morgan fingerprint density at radius 2 is 1.64 bits per heavy atom. The number of carboxylic acids is 1. The minimum atomic E-state index is -1.53. The molecule has 292 valence electrons. The first kappa shape index (κ1) is 38.8. The van der Waals surface area contributed by atoms with Crippen LogP contribution in [0.25, 0.3) is 0 Å². The van der Waals surface area contributed by atoms with Crippen molar-refractivity contribution in [3.05, 3.63) is 141 Å². The summed E-state index contributed by atoms with van der Waals surface area (Å²) < 4.78 is 29.8. The van der Waals surface area contributed by atoms with Crippen molar-refractivity contribution in [2.45, 2.75) is 43.9 Å². The second-order valence-corrected chi connectivity index (χ2v) is 14.7. The average molecular weight is 803 g/mol. The van der Waals surface area contributed by atoms with Crippen LogP contribution in [0.4, 0.5) is 4.79 Å². The topological polar surface area (TPSA) is 147 Å². The molecule has 8 rings (SSSR count). The Morgan fingerprint density at radius 3 is 2.30 bits per heavy atom. The van der Waals surface area contributed by atoms with E-state index in [9.17, 15) is 19.9 Å². The number of hydrogen-bond donors (Lipinski definition) is 2. The highest BCUT2D eigenvalue weighted by atomic mass is 35.5. The van der Waals surface area contributed by atoms with Gasteiger partial charge in [0.1, 0.15) is 40.2 Å². The number of carbonyl (C=O) groups is 2. The number of amides is 1. The molecule has 3 atom stereocenters. The molecule has 5 heterocycles. The Hall–Kier alpha value is -5.43. The standard InChI is InChI=1S/C42H41Cl2N3O9/c1-52-36-12-11-27(18-37(36)53-2)31(20-33-34(43)21-47(51)22-35(33)44)32-19-30(55-40(32)41(48)49)24-54-29-10-6-9-28(17-29)39(26-7-4-3-5-8-26)45-42(50)56-38-23-46-15-13-25(38)14-16-46/h3-12,17-19,21-22,25,31,38-39H,13-16,20,23-24H2,1-2H3,(H2-,45,48,49,50,51)/t31?,38-,39-/m0/s1. The third-order valence-corrected chi connectivity index (χ3v) is 11.1. The molecule has 2 aromatic heterocycles. The molecule has 14 heteroatoms. The van der Waals surface area contributed by atoms with Crippen molar-refractivity contribution in [2.24, 2.45) is 5.92 Å². The van der Waals surface area contributed by atoms with Crippen molar-refractivity contribution in [1.29, 1.82) is 0 Å². The number of benzene rings is 3. The summed E-state index contributed by atoms with van der Waals surface area (Å²) in [5.74, 6) is -0.669. The number of methoxy groups -OCH3 is 2. The Kier molecular flexibility index (Phi) is 11.9. The molecule has 12 nitrogen and oxygen atoms in total. The van der Waals surface area contributed by atoms with Gasteiger partial charge in [0.2, 0.25) is 12.4 Å². The molecule has 0 saturated carbocycles. The van der Waals surface area contributed by atoms with E-state index in [0.717, 1.165) is 48.3 Å². The number of aromatic nitrogens is 1. The number of halogens is 2. The number of alkyl carbamates (subject to hydrolysis) is 1. The summed E-state index contributed by atoms with van der Waals surface area (Å²) in [7, 11) is 3.01. The Morgan fingerprint density at radius 1 is 0.929 bits per heavy atom. The Labute approximate surface area is 334 Å². The number of piperidine rings is 3. The maximum absolute atomic E-state index is 13.3. The number of aromatic carboxylic acids is 1. The number of pyridine rings is 1. The summed E-state index contributed by atoms with van der Waals surface area (Å²) in [5.41, 5.74) is 3.01. The lowest BCUT2D eigenvalue weighted by molar-refractivity contribution is -0.904. The number of nitrogens with one attached hydrogen (secondary N) is 1. The van der Waals surface area contributed by atoms with Crippen molar-refractivity contribution >= 4 is 35.3 Å². The number of rotatable bonds is 14. The number of furan rings is 1. The van der Waals surface area contributed by atoms with Crippen molar-refractivity contribution < 1.29 is 48.0 Å². The first-order valence-corrected chi connectivity index (χ1v) is 19.0. The van der Waals surface area contributed by atoms with Crippen molar-refractivity contribution in [1.82, 2.24) is 10.2 Å². The molecule has 0 radical (unpaired) electrons. The van der Waals surface area contributed by atoms with Crippen LogP contribution in [0.1, 0.15) is 68.9 Å². The summed E-state index contributed by atoms with van der Waals surface area (Å²) in [4.78, 5) is 28.2. The number of hydrogen-bond acceptors (Lipinski definition) is 10. The molecule has 1 unspecified atom stereocenters. The van der Waals surface area contributed by atoms with Gasteiger partial charge in [-0.1, -0.05) is 71.7 Å². The minimum Gasteiger partial charge on any atom is -0.542 e. The van der Waals surface area contributed by atoms with Crippen LogP contribution in [0.3, 0.4) is 0 Å². The van der Waals surface area contributed by atoms with Gasteiger partial charge in [0.25, 0.3) is 0 Å². The van der Waals surface area contributed by atoms with Gasteiger partial charge in [-0.05, 0) is 85.3 Å². The fourth-order valence-corrected chi connectivity index (χ4v) is 8.25. The maximum Gasteiger partial charge on any atom is 0.408 e. The van der Waals surface area contributed by atoms with Crippen molar-refractivity contribution in [3.8, 4) is 17.2 Å². The van der Waals surface area contributed by atoms with E-state index < -0.39 is 29.8 Å². The molecule has 3 aromatic carbocycles. The van der Waals surface area contributed by atoms with Crippen LogP contribution >= 0.6 is 23.2 Å². The molecule has 5 aromatic rings. The van der Waals surface area contributed by atoms with Gasteiger partial charge in [0, 0.05) is 28.3 Å². The van der Waals surface area contributed by atoms with E-state index in [0.29, 0.717) is 34.3 Å². The molecule has 3 aliphatic heterocycles. The molecular weight excluding hydrogens is 761 g/mol. The van der Waals surface area contributed by atoms with Crippen LogP contribution in [-0.4, -0.2) is 62.1 Å². The molecule has 0 aliphatic carbocycles. The fourth-order valence-electron chi connectivity index (χ4n) is 7.64. The molecule has 2 bridgehead atoms. The summed E-state index contributed by atoms with van der Waals surface area (Å²) in [6.07, 6.45) is 4.11. The van der Waals surface area contributed by atoms with Crippen LogP contribution in [0.2, 0.25) is 10.0 Å². The zero-order valence-electron chi connectivity index (χ0n) is 30.8. The predicted molar refractivity (Wildman–Crippen MR) is 204 cm³/mol. The van der Waals surface area contributed by atoms with E-state index in [4.69, 9.17) is 46.6 Å². The third kappa shape index (κ3) is 8.67. The van der Waals surface area contributed by atoms with E-state index in [1.807, 2.05) is 48.5 Å². The molecule has 1 amide bonds. The van der Waals surface area contributed by atoms with Crippen LogP contribution in [0.15, 0.2) is 95.7 Å². The molecule has 3 saturated heterocycles. The molecule has 2 N–H and O–H groups in total. The molecule has 3 aliphatic rings. The maximum atomic E-state index is 13.3. The molecule has 0 spiro atoms. The van der Waals surface area contributed by atoms with Crippen LogP contribution < -0.4 is 29.4 Å². The highest BCUT2D eigenvalue weighted by Gasteiger charge is 2.37. The smallest absolute Gasteiger partial charge is 0.408 e. The van der Waals surface area contributed by atoms with E-state index in [2.05, 4.69) is 10.2 Å². The number of ether oxygens (including phenoxy) is 4. The SMILES string of the molecule is COc1ccc(C(Cc2c(Cl)c[n+](O)cc2Cl)c2cc(COc3cccc([C@@H](NC(=O)O[C@H]4CN5CCC4CC5)c4ccccc4)c3)oc2C(=O)[O-])cc1OC. The first-order chi connectivity index (χ1) is 27.1. The number of carbonyl (C=O) groups excluding carboxylic acids is 2. The van der Waals surface area contributed by atoms with E-state index in [-0.39, 0.29) is 40.5 Å². The van der Waals surface area contributed by atoms with Gasteiger partial charge >= 0.3 is 6.09 Å². The van der Waals surface area contributed by atoms with Gasteiger partial charge in [0.15, 0.2) is 17.3 Å². The van der Waals surface area contributed by atoms with Crippen molar-refractivity contribution in [3.63, 3.8) is 0 Å². The predicted octanol–water partition coefficient (Wildman–Crippen LogP) is 6.36. The third-order valence-electron chi connectivity index (χ3n) is 10.5. The van der Waals surface area contributed by atoms with Crippen LogP contribution in [-0.2, 0) is 17.8 Å². The second kappa shape index (κ2) is 17.2. The monoisotopic (exact) mass is 801 g/mol. The molecule has 56 heavy (non-hydrogen) atoms. The highest BCUT2D eigenvalue weighted by Crippen LogP contribution is 2.40. The lowest BCUT2D eigenvalue weighted by Gasteiger charge is -2.43. The Bertz CT molecular complexity index is 2170. The molecular formula is C42H41Cl2N3O9. The van der Waals surface area contributed by atoms with Gasteiger partial charge in [-0.15, -0.1) is 0 Å². The van der Waals surface area contributed by atoms with Crippen molar-refractivity contribution in [2.75, 3.05) is 33.9 Å². The highest BCUT2D eigenvalue weighted by molar-refractivity contribution is 6.35. The summed E-state index contributed by atoms with van der Waals surface area (Å²) in [6.45, 7) is 2.70. The minimum absolute atomic E-state index is 0.117. The lowest BCUT2D eigenvalue weighted by Crippen LogP contribution is -2.52. The Balaban J connectivity index is 1.15. The average Bonchev–Trinajstić information content (AvgIpc) is 3.64. The van der Waals surface area contributed by atoms with E-state index in [1.54, 1.807) is 30.3 Å². The fraction of sp³-hybridized carbons (Fsp3) is 0.310. The van der Waals surface area contributed by atoms with E-state index >= 15 is 0 Å². The quantitative estimate of drug-likeness (QED) is 0.0962. The molecule has 3 fully saturated rings. The number of nitrogens with zero attached hydrogens (tertiary/aromatic N) is 2. The normalized spacial score (nSPS) is 18.5. The number of fused-ring (bicyclic) bond motifs is 3. The summed E-state index contributed by atoms with van der Waals surface area (Å²) in [5, 5.41) is 26.0. The van der Waals surface area contributed by atoms with Crippen LogP contribution in [0, 0.1) is 5.92 Å². The summed E-state index contributed by atoms with van der Waals surface area (Å²) in [6, 6.07) is 23.2. The van der Waals surface area contributed by atoms with Gasteiger partial charge in [-0.25, -0.2) is 4.79 Å². The van der Waals surface area contributed by atoms with Crippen LogP contribution in [0.5, 0.6) is 17.2 Å².